The summed E-state index contributed by atoms with van der Waals surface area (Å²) in [6.45, 7) is 6.97. The number of carbonyl (C=O) groups is 1. The minimum Gasteiger partial charge on any atom is -0.335 e. The number of para-hydroxylation sites is 1. The largest absolute Gasteiger partial charge is 0.335 e. The molecule has 0 saturated heterocycles. The van der Waals surface area contributed by atoms with Gasteiger partial charge < -0.3 is 4.90 Å². The number of aromatic nitrogens is 3. The zero-order valence-corrected chi connectivity index (χ0v) is 18.1. The Morgan fingerprint density at radius 2 is 1.83 bits per heavy atom. The molecule has 1 atom stereocenters. The van der Waals surface area contributed by atoms with Crippen LogP contribution in [-0.2, 0) is 17.8 Å². The van der Waals surface area contributed by atoms with E-state index in [4.69, 9.17) is 0 Å². The van der Waals surface area contributed by atoms with Crippen LogP contribution in [0, 0.1) is 0 Å². The zero-order valence-electron chi connectivity index (χ0n) is 17.3. The number of thioether (sulfide) groups is 1. The fraction of sp³-hybridized carbons (Fsp3) is 0.348. The van der Waals surface area contributed by atoms with Crippen LogP contribution in [0.3, 0.4) is 0 Å². The van der Waals surface area contributed by atoms with Gasteiger partial charge in [-0.1, -0.05) is 74.1 Å². The molecular formula is C23H28N4OS. The third-order valence-corrected chi connectivity index (χ3v) is 6.04. The Hall–Kier alpha value is -2.60. The molecule has 0 aliphatic rings. The first-order valence-corrected chi connectivity index (χ1v) is 11.1. The predicted molar refractivity (Wildman–Crippen MR) is 118 cm³/mol. The van der Waals surface area contributed by atoms with Crippen LogP contribution < -0.4 is 0 Å². The van der Waals surface area contributed by atoms with Crippen molar-refractivity contribution in [1.29, 1.82) is 0 Å². The molecule has 0 spiro atoms. The number of hydrogen-bond acceptors (Lipinski definition) is 4. The second-order valence-electron chi connectivity index (χ2n) is 7.02. The molecule has 2 aromatic carbocycles. The summed E-state index contributed by atoms with van der Waals surface area (Å²) in [7, 11) is 0. The van der Waals surface area contributed by atoms with Crippen LogP contribution in [-0.4, -0.2) is 37.4 Å². The number of aryl methyl sites for hydroxylation is 1. The van der Waals surface area contributed by atoms with Crippen molar-refractivity contribution in [2.24, 2.45) is 0 Å². The first kappa shape index (κ1) is 21.1. The molecule has 6 heteroatoms. The highest BCUT2D eigenvalue weighted by Gasteiger charge is 2.21. The van der Waals surface area contributed by atoms with E-state index in [2.05, 4.69) is 55.2 Å². The van der Waals surface area contributed by atoms with Crippen LogP contribution in [0.25, 0.3) is 5.69 Å². The third kappa shape index (κ3) is 5.26. The summed E-state index contributed by atoms with van der Waals surface area (Å²) in [4.78, 5) is 15.0. The van der Waals surface area contributed by atoms with Crippen molar-refractivity contribution in [3.8, 4) is 5.69 Å². The number of amides is 1. The lowest BCUT2D eigenvalue weighted by Crippen LogP contribution is -2.38. The minimum atomic E-state index is 0.117. The van der Waals surface area contributed by atoms with E-state index in [-0.39, 0.29) is 11.9 Å². The van der Waals surface area contributed by atoms with Gasteiger partial charge in [0.15, 0.2) is 5.16 Å². The maximum Gasteiger partial charge on any atom is 0.233 e. The molecule has 29 heavy (non-hydrogen) atoms. The molecule has 0 fully saturated rings. The van der Waals surface area contributed by atoms with Crippen molar-refractivity contribution < 1.29 is 4.79 Å². The first-order valence-electron chi connectivity index (χ1n) is 10.1. The van der Waals surface area contributed by atoms with Crippen LogP contribution in [0.5, 0.6) is 0 Å². The Bertz CT molecular complexity index is 925. The summed E-state index contributed by atoms with van der Waals surface area (Å²) in [5, 5.41) is 9.08. The van der Waals surface area contributed by atoms with Gasteiger partial charge in [-0.15, -0.1) is 10.2 Å². The topological polar surface area (TPSA) is 51.0 Å². The van der Waals surface area contributed by atoms with Gasteiger partial charge >= 0.3 is 0 Å². The highest BCUT2D eigenvalue weighted by Crippen LogP contribution is 2.23. The van der Waals surface area contributed by atoms with Crippen LogP contribution in [0.1, 0.15) is 38.3 Å². The zero-order chi connectivity index (χ0) is 20.6. The van der Waals surface area contributed by atoms with Crippen molar-refractivity contribution >= 4 is 17.7 Å². The Kier molecular flexibility index (Phi) is 7.47. The molecule has 152 valence electrons. The second kappa shape index (κ2) is 10.3. The monoisotopic (exact) mass is 408 g/mol. The number of carbonyl (C=O) groups excluding carboxylic acids is 1. The van der Waals surface area contributed by atoms with Gasteiger partial charge in [-0.3, -0.25) is 9.36 Å². The summed E-state index contributed by atoms with van der Waals surface area (Å²) in [5.41, 5.74) is 3.44. The van der Waals surface area contributed by atoms with Crippen molar-refractivity contribution in [3.05, 3.63) is 72.1 Å². The third-order valence-electron chi connectivity index (χ3n) is 5.11. The summed E-state index contributed by atoms with van der Waals surface area (Å²) < 4.78 is 1.97. The molecule has 1 aromatic heterocycles. The lowest BCUT2D eigenvalue weighted by molar-refractivity contribution is -0.131. The van der Waals surface area contributed by atoms with Crippen molar-refractivity contribution in [2.75, 3.05) is 5.75 Å². The Labute approximate surface area is 177 Å². The van der Waals surface area contributed by atoms with Crippen molar-refractivity contribution in [1.82, 2.24) is 19.7 Å². The molecule has 0 aliphatic heterocycles. The molecule has 1 heterocycles. The maximum atomic E-state index is 13.1. The molecule has 1 amide bonds. The average molecular weight is 409 g/mol. The molecule has 1 unspecified atom stereocenters. The molecule has 0 saturated carbocycles. The fourth-order valence-corrected chi connectivity index (χ4v) is 4.04. The maximum absolute atomic E-state index is 13.1. The predicted octanol–water partition coefficient (Wildman–Crippen LogP) is 4.75. The van der Waals surface area contributed by atoms with Crippen LogP contribution in [0.4, 0.5) is 0 Å². The normalized spacial score (nSPS) is 12.0. The first-order chi connectivity index (χ1) is 14.1. The van der Waals surface area contributed by atoms with Gasteiger partial charge in [0.05, 0.1) is 11.4 Å². The van der Waals surface area contributed by atoms with Gasteiger partial charge in [0, 0.05) is 12.6 Å². The van der Waals surface area contributed by atoms with E-state index >= 15 is 0 Å². The van der Waals surface area contributed by atoms with Crippen LogP contribution >= 0.6 is 11.8 Å². The van der Waals surface area contributed by atoms with Gasteiger partial charge in [-0.2, -0.15) is 0 Å². The van der Waals surface area contributed by atoms with Crippen molar-refractivity contribution in [2.45, 2.75) is 51.4 Å². The molecule has 3 aromatic rings. The van der Waals surface area contributed by atoms with Gasteiger partial charge in [0.2, 0.25) is 5.91 Å². The van der Waals surface area contributed by atoms with E-state index in [0.717, 1.165) is 29.2 Å². The number of hydrogen-bond donors (Lipinski definition) is 0. The van der Waals surface area contributed by atoms with Gasteiger partial charge in [0.1, 0.15) is 6.33 Å². The Balaban J connectivity index is 1.73. The molecule has 3 rings (SSSR count). The fourth-order valence-electron chi connectivity index (χ4n) is 3.23. The second-order valence-corrected chi connectivity index (χ2v) is 7.96. The smallest absolute Gasteiger partial charge is 0.233 e. The quantitative estimate of drug-likeness (QED) is 0.480. The summed E-state index contributed by atoms with van der Waals surface area (Å²) in [6, 6.07) is 18.6. The average Bonchev–Trinajstić information content (AvgIpc) is 3.24. The van der Waals surface area contributed by atoms with E-state index in [1.807, 2.05) is 39.8 Å². The van der Waals surface area contributed by atoms with E-state index in [1.165, 1.54) is 17.3 Å². The lowest BCUT2D eigenvalue weighted by atomic mass is 10.1. The molecule has 0 aliphatic carbocycles. The van der Waals surface area contributed by atoms with Crippen LogP contribution in [0.15, 0.2) is 66.1 Å². The van der Waals surface area contributed by atoms with Gasteiger partial charge in [-0.25, -0.2) is 0 Å². The summed E-state index contributed by atoms with van der Waals surface area (Å²) in [5.74, 6) is 0.455. The standard InChI is InChI=1S/C23H28N4OS/c1-4-18(3)26(15-19-11-7-6-8-12-19)22(28)16-29-23-25-24-17-27(23)21-14-10-9-13-20(21)5-2/h6-14,17-18H,4-5,15-16H2,1-3H3. The number of nitrogens with zero attached hydrogens (tertiary/aromatic N) is 4. The van der Waals surface area contributed by atoms with E-state index in [0.29, 0.717) is 12.3 Å². The lowest BCUT2D eigenvalue weighted by Gasteiger charge is -2.28. The van der Waals surface area contributed by atoms with E-state index < -0.39 is 0 Å². The molecule has 0 N–H and O–H groups in total. The summed E-state index contributed by atoms with van der Waals surface area (Å²) >= 11 is 1.44. The van der Waals surface area contributed by atoms with Gasteiger partial charge in [-0.05, 0) is 37.0 Å². The summed E-state index contributed by atoms with van der Waals surface area (Å²) in [6.07, 6.45) is 3.57. The van der Waals surface area contributed by atoms with Gasteiger partial charge in [0.25, 0.3) is 0 Å². The highest BCUT2D eigenvalue weighted by atomic mass is 32.2. The Morgan fingerprint density at radius 1 is 1.10 bits per heavy atom. The molecule has 5 nitrogen and oxygen atoms in total. The number of rotatable bonds is 9. The van der Waals surface area contributed by atoms with E-state index in [9.17, 15) is 4.79 Å². The van der Waals surface area contributed by atoms with E-state index in [1.54, 1.807) is 6.33 Å². The Morgan fingerprint density at radius 3 is 2.55 bits per heavy atom. The van der Waals surface area contributed by atoms with Crippen molar-refractivity contribution in [3.63, 3.8) is 0 Å². The van der Waals surface area contributed by atoms with Crippen LogP contribution in [0.2, 0.25) is 0 Å². The highest BCUT2D eigenvalue weighted by molar-refractivity contribution is 7.99. The number of benzene rings is 2. The molecule has 0 radical (unpaired) electrons. The molecular weight excluding hydrogens is 380 g/mol. The molecule has 0 bridgehead atoms. The SMILES string of the molecule is CCc1ccccc1-n1cnnc1SCC(=O)N(Cc1ccccc1)C(C)CC. The minimum absolute atomic E-state index is 0.117.